The highest BCUT2D eigenvalue weighted by Crippen LogP contribution is 2.73. The van der Waals surface area contributed by atoms with Gasteiger partial charge in [-0.25, -0.2) is 4.79 Å². The summed E-state index contributed by atoms with van der Waals surface area (Å²) in [6.07, 6.45) is 0.134. The predicted molar refractivity (Wildman–Crippen MR) is 79.1 cm³/mol. The van der Waals surface area contributed by atoms with Crippen molar-refractivity contribution in [2.45, 2.75) is 56.3 Å². The number of amides is 2. The van der Waals surface area contributed by atoms with Gasteiger partial charge in [-0.1, -0.05) is 0 Å². The quantitative estimate of drug-likeness (QED) is 0.663. The zero-order valence-electron chi connectivity index (χ0n) is 12.6. The van der Waals surface area contributed by atoms with Crippen molar-refractivity contribution in [1.82, 2.24) is 10.2 Å². The van der Waals surface area contributed by atoms with E-state index in [0.29, 0.717) is 0 Å². The summed E-state index contributed by atoms with van der Waals surface area (Å²) in [6, 6.07) is -1.18. The number of fused-ring (bicyclic) bond motifs is 1. The van der Waals surface area contributed by atoms with Gasteiger partial charge in [0.15, 0.2) is 0 Å². The molecule has 2 heterocycles. The average Bonchev–Trinajstić information content (AvgIpc) is 2.50. The molecule has 3 atom stereocenters. The number of hydrogen-bond acceptors (Lipinski definition) is 4. The van der Waals surface area contributed by atoms with Crippen LogP contribution in [-0.2, 0) is 9.59 Å². The second kappa shape index (κ2) is 4.88. The van der Waals surface area contributed by atoms with Crippen LogP contribution >= 0.6 is 10.0 Å². The Bertz CT molecular complexity index is 507. The van der Waals surface area contributed by atoms with Crippen LogP contribution in [0, 0.1) is 0 Å². The Morgan fingerprint density at radius 1 is 1.48 bits per heavy atom. The standard InChI is InChI=1S/C13H22N2O5S/c1-7(2)14-12(20)21(6-16)9-5-8(17)15(9)10(11(18)19)13(21,3)4/h7,9-10,16H,5-6H2,1-4H3,(H,14,20)(H,18,19)/t9-,10+/m1/s1. The van der Waals surface area contributed by atoms with Crippen LogP contribution in [0.4, 0.5) is 4.79 Å². The zero-order valence-corrected chi connectivity index (χ0v) is 13.4. The molecule has 2 amide bonds. The Kier molecular flexibility index (Phi) is 3.74. The van der Waals surface area contributed by atoms with Crippen molar-refractivity contribution in [2.24, 2.45) is 0 Å². The van der Waals surface area contributed by atoms with Crippen molar-refractivity contribution >= 4 is 27.1 Å². The fourth-order valence-electron chi connectivity index (χ4n) is 3.36. The van der Waals surface area contributed by atoms with Crippen molar-refractivity contribution in [3.63, 3.8) is 0 Å². The largest absolute Gasteiger partial charge is 0.480 e. The lowest BCUT2D eigenvalue weighted by molar-refractivity contribution is -0.157. The molecule has 2 aliphatic heterocycles. The minimum atomic E-state index is -2.39. The Labute approximate surface area is 125 Å². The van der Waals surface area contributed by atoms with Gasteiger partial charge in [0.05, 0.1) is 17.7 Å². The molecular weight excluding hydrogens is 296 g/mol. The molecule has 0 aliphatic carbocycles. The van der Waals surface area contributed by atoms with E-state index in [1.165, 1.54) is 4.90 Å². The molecule has 21 heavy (non-hydrogen) atoms. The van der Waals surface area contributed by atoms with Crippen molar-refractivity contribution in [3.05, 3.63) is 0 Å². The Morgan fingerprint density at radius 3 is 2.38 bits per heavy atom. The highest BCUT2D eigenvalue weighted by Gasteiger charge is 2.71. The number of carbonyl (C=O) groups excluding carboxylic acids is 2. The molecule has 0 aromatic heterocycles. The summed E-state index contributed by atoms with van der Waals surface area (Å²) in [5.41, 5.74) is 0. The average molecular weight is 318 g/mol. The molecule has 2 saturated heterocycles. The number of aliphatic carboxylic acids is 1. The van der Waals surface area contributed by atoms with Crippen molar-refractivity contribution in [1.29, 1.82) is 0 Å². The van der Waals surface area contributed by atoms with Crippen molar-refractivity contribution < 1.29 is 24.6 Å². The Hall–Kier alpha value is -1.28. The first kappa shape index (κ1) is 16.1. The van der Waals surface area contributed by atoms with Gasteiger partial charge in [-0.05, 0) is 27.7 Å². The Balaban J connectivity index is 2.52. The third kappa shape index (κ3) is 1.88. The second-order valence-electron chi connectivity index (χ2n) is 6.31. The van der Waals surface area contributed by atoms with Crippen LogP contribution in [0.2, 0.25) is 0 Å². The van der Waals surface area contributed by atoms with E-state index in [4.69, 9.17) is 0 Å². The molecule has 2 aliphatic rings. The number of hydrogen-bond donors (Lipinski definition) is 3. The number of carboxylic acid groups (broad SMARTS) is 1. The first-order chi connectivity index (χ1) is 9.61. The monoisotopic (exact) mass is 318 g/mol. The smallest absolute Gasteiger partial charge is 0.327 e. The minimum absolute atomic E-state index is 0.114. The van der Waals surface area contributed by atoms with Crippen molar-refractivity contribution in [2.75, 3.05) is 5.94 Å². The predicted octanol–water partition coefficient (Wildman–Crippen LogP) is 0.663. The molecule has 1 unspecified atom stereocenters. The molecule has 0 aromatic rings. The minimum Gasteiger partial charge on any atom is -0.480 e. The molecule has 8 heteroatoms. The number of rotatable bonds is 3. The van der Waals surface area contributed by atoms with Gasteiger partial charge in [0.2, 0.25) is 5.91 Å². The molecule has 120 valence electrons. The molecular formula is C13H22N2O5S. The maximum Gasteiger partial charge on any atom is 0.327 e. The van der Waals surface area contributed by atoms with E-state index < -0.39 is 38.1 Å². The molecule has 0 aromatic carbocycles. The van der Waals surface area contributed by atoms with Crippen LogP contribution in [0.3, 0.4) is 0 Å². The van der Waals surface area contributed by atoms with Crippen LogP contribution < -0.4 is 5.32 Å². The number of aliphatic hydroxyl groups is 1. The van der Waals surface area contributed by atoms with E-state index in [-0.39, 0.29) is 23.6 Å². The number of nitrogens with zero attached hydrogens (tertiary/aromatic N) is 1. The van der Waals surface area contributed by atoms with Gasteiger partial charge in [-0.2, -0.15) is 0 Å². The Morgan fingerprint density at radius 2 is 2.05 bits per heavy atom. The van der Waals surface area contributed by atoms with E-state index >= 15 is 0 Å². The molecule has 0 bridgehead atoms. The molecule has 0 saturated carbocycles. The zero-order chi connectivity index (χ0) is 16.2. The number of carboxylic acids is 1. The maximum absolute atomic E-state index is 12.7. The van der Waals surface area contributed by atoms with Gasteiger partial charge < -0.3 is 20.4 Å². The number of carbonyl (C=O) groups is 3. The first-order valence-corrected chi connectivity index (χ1v) is 8.72. The van der Waals surface area contributed by atoms with Crippen LogP contribution in [-0.4, -0.2) is 60.4 Å². The lowest BCUT2D eigenvalue weighted by Gasteiger charge is -2.49. The van der Waals surface area contributed by atoms with E-state index in [9.17, 15) is 24.6 Å². The number of aliphatic hydroxyl groups excluding tert-OH is 1. The summed E-state index contributed by atoms with van der Waals surface area (Å²) < 4.78 is -0.983. The van der Waals surface area contributed by atoms with Gasteiger partial charge in [-0.3, -0.25) is 9.59 Å². The van der Waals surface area contributed by atoms with E-state index in [1.54, 1.807) is 13.8 Å². The molecule has 3 N–H and O–H groups in total. The van der Waals surface area contributed by atoms with Crippen LogP contribution in [0.1, 0.15) is 34.1 Å². The second-order valence-corrected chi connectivity index (χ2v) is 10.1. The van der Waals surface area contributed by atoms with E-state index in [0.717, 1.165) is 0 Å². The highest BCUT2D eigenvalue weighted by molar-refractivity contribution is 8.46. The SMILES string of the molecule is CC(C)NC(=O)S1(CO)[C@@H]2CC(=O)N2[C@@H](C(=O)O)C1(C)C. The molecule has 2 fully saturated rings. The fourth-order valence-corrected chi connectivity index (χ4v) is 7.52. The van der Waals surface area contributed by atoms with Gasteiger partial charge in [-0.15, -0.1) is 10.0 Å². The van der Waals surface area contributed by atoms with E-state index in [2.05, 4.69) is 5.32 Å². The first-order valence-electron chi connectivity index (χ1n) is 6.86. The lowest BCUT2D eigenvalue weighted by atomic mass is 9.98. The van der Waals surface area contributed by atoms with Crippen LogP contribution in [0.15, 0.2) is 0 Å². The van der Waals surface area contributed by atoms with Crippen molar-refractivity contribution in [3.8, 4) is 0 Å². The third-order valence-electron chi connectivity index (χ3n) is 4.46. The third-order valence-corrected chi connectivity index (χ3v) is 9.07. The summed E-state index contributed by atoms with van der Waals surface area (Å²) in [4.78, 5) is 37.4. The van der Waals surface area contributed by atoms with Crippen LogP contribution in [0.25, 0.3) is 0 Å². The lowest BCUT2D eigenvalue weighted by Crippen LogP contribution is -2.57. The summed E-state index contributed by atoms with van der Waals surface area (Å²) in [5.74, 6) is -1.80. The fraction of sp³-hybridized carbons (Fsp3) is 0.769. The molecule has 0 radical (unpaired) electrons. The van der Waals surface area contributed by atoms with Gasteiger partial charge >= 0.3 is 5.97 Å². The van der Waals surface area contributed by atoms with Crippen LogP contribution in [0.5, 0.6) is 0 Å². The molecule has 7 nitrogen and oxygen atoms in total. The van der Waals surface area contributed by atoms with Gasteiger partial charge in [0, 0.05) is 10.8 Å². The normalized spacial score (nSPS) is 36.7. The van der Waals surface area contributed by atoms with Gasteiger partial charge in [0.25, 0.3) is 5.24 Å². The summed E-state index contributed by atoms with van der Waals surface area (Å²) in [5, 5.41) is 21.5. The maximum atomic E-state index is 12.7. The number of nitrogens with one attached hydrogen (secondary N) is 1. The topological polar surface area (TPSA) is 107 Å². The summed E-state index contributed by atoms with van der Waals surface area (Å²) in [7, 11) is -2.39. The highest BCUT2D eigenvalue weighted by atomic mass is 32.3. The van der Waals surface area contributed by atoms with E-state index in [1.807, 2.05) is 13.8 Å². The van der Waals surface area contributed by atoms with Gasteiger partial charge in [0.1, 0.15) is 6.04 Å². The summed E-state index contributed by atoms with van der Waals surface area (Å²) >= 11 is 0. The molecule has 2 rings (SSSR count). The number of β-lactam (4-membered cyclic amide) rings is 1. The summed E-state index contributed by atoms with van der Waals surface area (Å²) in [6.45, 7) is 6.96. The molecule has 0 spiro atoms.